The molecule has 2 aliphatic carbocycles. The van der Waals surface area contributed by atoms with Crippen molar-refractivity contribution in [3.05, 3.63) is 35.0 Å². The molecule has 6 rings (SSSR count). The fourth-order valence-corrected chi connectivity index (χ4v) is 8.25. The van der Waals surface area contributed by atoms with Gasteiger partial charge in [0.05, 0.1) is 33.0 Å². The molecule has 4 fully saturated rings. The normalized spacial score (nSPS) is 24.9. The first-order valence-electron chi connectivity index (χ1n) is 14.1. The van der Waals surface area contributed by atoms with E-state index in [0.717, 1.165) is 62.6 Å². The van der Waals surface area contributed by atoms with Crippen molar-refractivity contribution in [3.63, 3.8) is 0 Å². The number of hydrogen-bond acceptors (Lipinski definition) is 8. The van der Waals surface area contributed by atoms with E-state index in [0.29, 0.717) is 12.8 Å². The maximum atomic E-state index is 14.0. The van der Waals surface area contributed by atoms with E-state index >= 15 is 0 Å². The summed E-state index contributed by atoms with van der Waals surface area (Å²) >= 11 is 6.64. The van der Waals surface area contributed by atoms with E-state index in [2.05, 4.69) is 28.2 Å². The summed E-state index contributed by atoms with van der Waals surface area (Å²) in [6, 6.07) is 8.85. The zero-order chi connectivity index (χ0) is 28.2. The number of sulfone groups is 1. The van der Waals surface area contributed by atoms with Gasteiger partial charge in [-0.05, 0) is 70.7 Å². The molecule has 10 nitrogen and oxygen atoms in total. The Morgan fingerprint density at radius 2 is 1.90 bits per heavy atom. The van der Waals surface area contributed by atoms with Crippen molar-refractivity contribution in [2.75, 3.05) is 49.6 Å². The molecule has 2 aliphatic heterocycles. The Bertz CT molecular complexity index is 1450. The number of hydrogen-bond donors (Lipinski definition) is 1. The highest BCUT2D eigenvalue weighted by molar-refractivity contribution is 7.92. The third-order valence-electron chi connectivity index (χ3n) is 8.97. The molecule has 3 heterocycles. The van der Waals surface area contributed by atoms with Gasteiger partial charge in [0.2, 0.25) is 5.91 Å². The second-order valence-corrected chi connectivity index (χ2v) is 14.4. The molecule has 40 heavy (non-hydrogen) atoms. The van der Waals surface area contributed by atoms with Crippen LogP contribution in [0.4, 0.5) is 11.5 Å². The van der Waals surface area contributed by atoms with Crippen LogP contribution in [0, 0.1) is 18.3 Å². The van der Waals surface area contributed by atoms with Crippen LogP contribution >= 0.6 is 11.6 Å². The number of amides is 1. The molecule has 0 bridgehead atoms. The standard InChI is InChI=1S/C28H36ClN7O3S/c1-19-14-26(36(32-19)20-4-3-5-20)35-17-22(16-24(35)27(37)31-28(18-30)8-9-28)40(38,39)25-7-6-21(15-23(25)29)34-12-10-33(2)11-13-34/h6-7,14-15,20,22,24H,3-5,8-13,16-17H2,1-2H3,(H,31,37)/t22-,24+/m1/s1. The number of halogens is 1. The number of nitrogens with zero attached hydrogens (tertiary/aromatic N) is 6. The lowest BCUT2D eigenvalue weighted by atomic mass is 9.93. The molecule has 0 unspecified atom stereocenters. The summed E-state index contributed by atoms with van der Waals surface area (Å²) in [7, 11) is -1.77. The Labute approximate surface area is 240 Å². The van der Waals surface area contributed by atoms with E-state index < -0.39 is 26.7 Å². The molecule has 1 N–H and O–H groups in total. The van der Waals surface area contributed by atoms with Gasteiger partial charge in [-0.25, -0.2) is 13.1 Å². The SMILES string of the molecule is Cc1cc(N2C[C@H](S(=O)(=O)c3ccc(N4CCN(C)CC4)cc3Cl)C[C@H]2C(=O)NC2(C#N)CC2)n(C2CCC2)n1. The predicted molar refractivity (Wildman–Crippen MR) is 153 cm³/mol. The van der Waals surface area contributed by atoms with Crippen LogP contribution in [0.5, 0.6) is 0 Å². The molecule has 2 saturated carbocycles. The van der Waals surface area contributed by atoms with Crippen LogP contribution in [-0.2, 0) is 14.6 Å². The smallest absolute Gasteiger partial charge is 0.244 e. The molecule has 2 saturated heterocycles. The van der Waals surface area contributed by atoms with Gasteiger partial charge in [0.25, 0.3) is 0 Å². The molecule has 12 heteroatoms. The number of aromatic nitrogens is 2. The van der Waals surface area contributed by atoms with E-state index in [4.69, 9.17) is 16.7 Å². The fraction of sp³-hybridized carbons (Fsp3) is 0.607. The molecule has 1 aromatic heterocycles. The maximum Gasteiger partial charge on any atom is 0.244 e. The summed E-state index contributed by atoms with van der Waals surface area (Å²) in [6.07, 6.45) is 4.47. The van der Waals surface area contributed by atoms with Crippen molar-refractivity contribution in [3.8, 4) is 6.07 Å². The predicted octanol–water partition coefficient (Wildman–Crippen LogP) is 2.92. The maximum absolute atomic E-state index is 14.0. The quantitative estimate of drug-likeness (QED) is 0.527. The summed E-state index contributed by atoms with van der Waals surface area (Å²) in [4.78, 5) is 20.0. The summed E-state index contributed by atoms with van der Waals surface area (Å²) < 4.78 is 30.0. The molecule has 1 amide bonds. The highest BCUT2D eigenvalue weighted by atomic mass is 35.5. The summed E-state index contributed by atoms with van der Waals surface area (Å²) in [5, 5.41) is 16.6. The molecular weight excluding hydrogens is 550 g/mol. The van der Waals surface area contributed by atoms with Crippen molar-refractivity contribution < 1.29 is 13.2 Å². The van der Waals surface area contributed by atoms with Gasteiger partial charge in [-0.1, -0.05) is 11.6 Å². The van der Waals surface area contributed by atoms with E-state index in [1.165, 1.54) is 0 Å². The van der Waals surface area contributed by atoms with E-state index in [1.54, 1.807) is 12.1 Å². The largest absolute Gasteiger partial charge is 0.369 e. The first-order valence-corrected chi connectivity index (χ1v) is 16.1. The van der Waals surface area contributed by atoms with Crippen LogP contribution in [0.1, 0.15) is 50.3 Å². The lowest BCUT2D eigenvalue weighted by Crippen LogP contribution is -2.48. The minimum absolute atomic E-state index is 0.0948. The third-order valence-corrected chi connectivity index (χ3v) is 11.6. The van der Waals surface area contributed by atoms with Gasteiger partial charge in [-0.3, -0.25) is 4.79 Å². The number of aryl methyl sites for hydroxylation is 1. The lowest BCUT2D eigenvalue weighted by Gasteiger charge is -2.34. The fourth-order valence-electron chi connectivity index (χ4n) is 6.01. The topological polar surface area (TPSA) is 115 Å². The Hall–Kier alpha value is -2.81. The van der Waals surface area contributed by atoms with Crippen molar-refractivity contribution in [2.24, 2.45) is 0 Å². The van der Waals surface area contributed by atoms with Crippen molar-refractivity contribution in [1.29, 1.82) is 5.26 Å². The molecule has 1 aromatic carbocycles. The number of nitrogens with one attached hydrogen (secondary N) is 1. The lowest BCUT2D eigenvalue weighted by molar-refractivity contribution is -0.122. The zero-order valence-electron chi connectivity index (χ0n) is 23.0. The highest BCUT2D eigenvalue weighted by Crippen LogP contribution is 2.41. The number of benzene rings is 1. The summed E-state index contributed by atoms with van der Waals surface area (Å²) in [5.74, 6) is 0.450. The van der Waals surface area contributed by atoms with Crippen LogP contribution in [0.3, 0.4) is 0 Å². The van der Waals surface area contributed by atoms with Crippen LogP contribution in [0.2, 0.25) is 5.02 Å². The number of carbonyl (C=O) groups excluding carboxylic acids is 1. The molecule has 2 aromatic rings. The number of piperazine rings is 1. The Morgan fingerprint density at radius 3 is 2.50 bits per heavy atom. The molecule has 4 aliphatic rings. The molecule has 0 radical (unpaired) electrons. The second kappa shape index (κ2) is 10.2. The van der Waals surface area contributed by atoms with Crippen LogP contribution in [-0.4, -0.2) is 85.6 Å². The average Bonchev–Trinajstić information content (AvgIpc) is 3.34. The molecular formula is C28H36ClN7O3S. The summed E-state index contributed by atoms with van der Waals surface area (Å²) in [5.41, 5.74) is 0.894. The first-order chi connectivity index (χ1) is 19.1. The second-order valence-electron chi connectivity index (χ2n) is 11.8. The van der Waals surface area contributed by atoms with Gasteiger partial charge < -0.3 is 20.0 Å². The van der Waals surface area contributed by atoms with Crippen molar-refractivity contribution in [1.82, 2.24) is 20.0 Å². The minimum atomic E-state index is -3.86. The van der Waals surface area contributed by atoms with Crippen LogP contribution < -0.4 is 15.1 Å². The van der Waals surface area contributed by atoms with Gasteiger partial charge in [-0.15, -0.1) is 0 Å². The van der Waals surface area contributed by atoms with Crippen molar-refractivity contribution >= 4 is 38.9 Å². The number of likely N-dealkylation sites (N-methyl/N-ethyl adjacent to an activating group) is 1. The Morgan fingerprint density at radius 1 is 1.18 bits per heavy atom. The zero-order valence-corrected chi connectivity index (χ0v) is 24.6. The monoisotopic (exact) mass is 585 g/mol. The van der Waals surface area contributed by atoms with Crippen molar-refractivity contribution in [2.45, 2.75) is 73.2 Å². The van der Waals surface area contributed by atoms with E-state index in [1.807, 2.05) is 28.6 Å². The number of anilines is 2. The van der Waals surface area contributed by atoms with Gasteiger partial charge in [0.1, 0.15) is 17.4 Å². The Balaban J connectivity index is 1.29. The van der Waals surface area contributed by atoms with E-state index in [-0.39, 0.29) is 34.8 Å². The van der Waals surface area contributed by atoms with Gasteiger partial charge >= 0.3 is 0 Å². The highest BCUT2D eigenvalue weighted by Gasteiger charge is 2.50. The van der Waals surface area contributed by atoms with Crippen LogP contribution in [0.25, 0.3) is 0 Å². The van der Waals surface area contributed by atoms with Gasteiger partial charge in [0.15, 0.2) is 9.84 Å². The average molecular weight is 586 g/mol. The Kier molecular flexibility index (Phi) is 7.00. The van der Waals surface area contributed by atoms with E-state index in [9.17, 15) is 18.5 Å². The number of carbonyl (C=O) groups is 1. The molecule has 214 valence electrons. The van der Waals surface area contributed by atoms with Crippen LogP contribution in [0.15, 0.2) is 29.2 Å². The van der Waals surface area contributed by atoms with Gasteiger partial charge in [0, 0.05) is 44.5 Å². The van der Waals surface area contributed by atoms with Gasteiger partial charge in [-0.2, -0.15) is 10.4 Å². The summed E-state index contributed by atoms with van der Waals surface area (Å²) in [6.45, 7) is 5.63. The first kappa shape index (κ1) is 27.4. The number of nitriles is 1. The third kappa shape index (κ3) is 4.95. The minimum Gasteiger partial charge on any atom is -0.369 e. The molecule has 0 spiro atoms. The molecule has 2 atom stereocenters. The number of rotatable bonds is 7.